The highest BCUT2D eigenvalue weighted by atomic mass is 32.2. The van der Waals surface area contributed by atoms with E-state index in [-0.39, 0.29) is 0 Å². The number of para-hydroxylation sites is 2. The lowest BCUT2D eigenvalue weighted by Crippen LogP contribution is -2.09. The Bertz CT molecular complexity index is 1190. The Morgan fingerprint density at radius 1 is 0.552 bits per heavy atom. The van der Waals surface area contributed by atoms with Crippen LogP contribution in [0.2, 0.25) is 0 Å². The van der Waals surface area contributed by atoms with Crippen LogP contribution in [-0.4, -0.2) is 4.21 Å². The fourth-order valence-corrected chi connectivity index (χ4v) is 4.65. The Morgan fingerprint density at radius 2 is 1.14 bits per heavy atom. The van der Waals surface area contributed by atoms with Crippen LogP contribution in [0, 0.1) is 0 Å². The van der Waals surface area contributed by atoms with Crippen molar-refractivity contribution >= 4 is 44.9 Å². The van der Waals surface area contributed by atoms with Crippen LogP contribution in [0.15, 0.2) is 107 Å². The van der Waals surface area contributed by atoms with E-state index < -0.39 is 10.8 Å². The van der Waals surface area contributed by atoms with Gasteiger partial charge in [-0.2, -0.15) is 0 Å². The van der Waals surface area contributed by atoms with Gasteiger partial charge in [0.25, 0.3) is 0 Å². The number of rotatable bonds is 4. The molecule has 0 radical (unpaired) electrons. The first-order valence-corrected chi connectivity index (χ1v) is 10.5. The van der Waals surface area contributed by atoms with Crippen molar-refractivity contribution in [1.29, 1.82) is 0 Å². The molecule has 5 heteroatoms. The van der Waals surface area contributed by atoms with Gasteiger partial charge in [-0.15, -0.1) is 0 Å². The van der Waals surface area contributed by atoms with Gasteiger partial charge in [0.2, 0.25) is 0 Å². The minimum atomic E-state index is -1.24. The topological polar surface area (TPSA) is 53.2 Å². The summed E-state index contributed by atoms with van der Waals surface area (Å²) in [6.45, 7) is 0. The molecule has 142 valence electrons. The van der Waals surface area contributed by atoms with E-state index >= 15 is 0 Å². The quantitative estimate of drug-likeness (QED) is 0.328. The molecule has 0 fully saturated rings. The van der Waals surface area contributed by atoms with Crippen molar-refractivity contribution in [3.05, 3.63) is 97.1 Å². The molecule has 4 aromatic rings. The van der Waals surface area contributed by atoms with Crippen LogP contribution < -0.4 is 16.0 Å². The van der Waals surface area contributed by atoms with Gasteiger partial charge in [-0.05, 0) is 60.7 Å². The number of hydrogen-bond acceptors (Lipinski definition) is 4. The van der Waals surface area contributed by atoms with Crippen molar-refractivity contribution in [2.45, 2.75) is 9.79 Å². The normalized spacial score (nSPS) is 14.3. The minimum absolute atomic E-state index is 0.780. The fourth-order valence-electron chi connectivity index (χ4n) is 3.36. The summed E-state index contributed by atoms with van der Waals surface area (Å²) in [5, 5.41) is 10.2. The molecular weight excluding hydrogens is 378 g/mol. The third kappa shape index (κ3) is 3.60. The molecular formula is C24H19N3OS. The molecule has 1 aliphatic heterocycles. The van der Waals surface area contributed by atoms with E-state index in [1.54, 1.807) is 0 Å². The van der Waals surface area contributed by atoms with E-state index in [4.69, 9.17) is 0 Å². The van der Waals surface area contributed by atoms with Gasteiger partial charge in [0, 0.05) is 22.7 Å². The average molecular weight is 398 g/mol. The van der Waals surface area contributed by atoms with Crippen LogP contribution in [0.25, 0.3) is 0 Å². The molecule has 3 N–H and O–H groups in total. The van der Waals surface area contributed by atoms with E-state index in [0.717, 1.165) is 43.9 Å². The van der Waals surface area contributed by atoms with Gasteiger partial charge in [0.05, 0.1) is 32.0 Å². The van der Waals surface area contributed by atoms with E-state index in [9.17, 15) is 4.21 Å². The molecule has 0 bridgehead atoms. The maximum absolute atomic E-state index is 13.2. The standard InChI is InChI=1S/C24H19N3OS/c28-29-23-14-12-19(25-17-7-3-1-4-8-17)15-22(23)27-21-13-11-20(16-24(21)29)26-18-9-5-2-6-10-18/h1-16,25-27H. The predicted molar refractivity (Wildman–Crippen MR) is 120 cm³/mol. The summed E-state index contributed by atoms with van der Waals surface area (Å²) in [6, 6.07) is 31.8. The third-order valence-corrected chi connectivity index (χ3v) is 6.25. The van der Waals surface area contributed by atoms with E-state index in [2.05, 4.69) is 16.0 Å². The summed E-state index contributed by atoms with van der Waals surface area (Å²) in [5.41, 5.74) is 5.61. The third-order valence-electron chi connectivity index (χ3n) is 4.75. The summed E-state index contributed by atoms with van der Waals surface area (Å²) in [5.74, 6) is 0. The van der Waals surface area contributed by atoms with Crippen LogP contribution in [0.4, 0.5) is 34.1 Å². The smallest absolute Gasteiger partial charge is 0.0892 e. The molecule has 5 rings (SSSR count). The zero-order valence-corrected chi connectivity index (χ0v) is 16.4. The van der Waals surface area contributed by atoms with Crippen molar-refractivity contribution in [1.82, 2.24) is 0 Å². The molecule has 0 spiro atoms. The Hall–Kier alpha value is -3.57. The monoisotopic (exact) mass is 397 g/mol. The summed E-state index contributed by atoms with van der Waals surface area (Å²) in [4.78, 5) is 1.56. The van der Waals surface area contributed by atoms with Crippen molar-refractivity contribution < 1.29 is 4.21 Å². The van der Waals surface area contributed by atoms with Gasteiger partial charge >= 0.3 is 0 Å². The summed E-state index contributed by atoms with van der Waals surface area (Å²) in [7, 11) is -1.24. The molecule has 29 heavy (non-hydrogen) atoms. The summed E-state index contributed by atoms with van der Waals surface area (Å²) in [6.07, 6.45) is 0. The van der Waals surface area contributed by atoms with Crippen LogP contribution in [0.1, 0.15) is 0 Å². The van der Waals surface area contributed by atoms with Crippen molar-refractivity contribution in [2.75, 3.05) is 16.0 Å². The molecule has 1 heterocycles. The Labute approximate surface area is 172 Å². The van der Waals surface area contributed by atoms with Gasteiger partial charge in [0.15, 0.2) is 0 Å². The molecule has 1 aliphatic rings. The molecule has 0 aromatic heterocycles. The molecule has 1 atom stereocenters. The molecule has 0 saturated carbocycles. The lowest BCUT2D eigenvalue weighted by Gasteiger charge is -2.22. The van der Waals surface area contributed by atoms with E-state index in [1.165, 1.54) is 0 Å². The van der Waals surface area contributed by atoms with Crippen molar-refractivity contribution in [3.8, 4) is 0 Å². The Balaban J connectivity index is 1.42. The van der Waals surface area contributed by atoms with Gasteiger partial charge < -0.3 is 16.0 Å². The Morgan fingerprint density at radius 3 is 1.79 bits per heavy atom. The van der Waals surface area contributed by atoms with Crippen LogP contribution in [-0.2, 0) is 10.8 Å². The average Bonchev–Trinajstić information content (AvgIpc) is 2.76. The van der Waals surface area contributed by atoms with Crippen LogP contribution in [0.3, 0.4) is 0 Å². The first kappa shape index (κ1) is 17.5. The Kier molecular flexibility index (Phi) is 4.50. The predicted octanol–water partition coefficient (Wildman–Crippen LogP) is 6.40. The molecule has 0 saturated heterocycles. The molecule has 0 aliphatic carbocycles. The second kappa shape index (κ2) is 7.45. The summed E-state index contributed by atoms with van der Waals surface area (Å²) < 4.78 is 13.2. The van der Waals surface area contributed by atoms with Crippen molar-refractivity contribution in [2.24, 2.45) is 0 Å². The zero-order valence-electron chi connectivity index (χ0n) is 15.6. The number of benzene rings is 4. The second-order valence-corrected chi connectivity index (χ2v) is 8.21. The highest BCUT2D eigenvalue weighted by Gasteiger charge is 2.22. The van der Waals surface area contributed by atoms with Gasteiger partial charge in [-0.1, -0.05) is 36.4 Å². The largest absolute Gasteiger partial charge is 0.355 e. The fraction of sp³-hybridized carbons (Fsp3) is 0. The zero-order chi connectivity index (χ0) is 19.6. The molecule has 4 nitrogen and oxygen atoms in total. The molecule has 0 amide bonds. The number of nitrogens with one attached hydrogen (secondary N) is 3. The summed E-state index contributed by atoms with van der Waals surface area (Å²) >= 11 is 0. The van der Waals surface area contributed by atoms with E-state index in [1.807, 2.05) is 97.1 Å². The first-order valence-electron chi connectivity index (χ1n) is 9.37. The SMILES string of the molecule is O=S1c2ccc(Nc3ccccc3)cc2Nc2ccc(Nc3ccccc3)cc21. The van der Waals surface area contributed by atoms with E-state index in [0.29, 0.717) is 0 Å². The maximum Gasteiger partial charge on any atom is 0.0892 e. The lowest BCUT2D eigenvalue weighted by molar-refractivity contribution is 0.683. The van der Waals surface area contributed by atoms with Crippen LogP contribution >= 0.6 is 0 Å². The molecule has 4 aromatic carbocycles. The number of hydrogen-bond donors (Lipinski definition) is 3. The van der Waals surface area contributed by atoms with Gasteiger partial charge in [-0.3, -0.25) is 0 Å². The van der Waals surface area contributed by atoms with Gasteiger partial charge in [0.1, 0.15) is 0 Å². The highest BCUT2D eigenvalue weighted by Crippen LogP contribution is 2.40. The minimum Gasteiger partial charge on any atom is -0.355 e. The number of fused-ring (bicyclic) bond motifs is 2. The highest BCUT2D eigenvalue weighted by molar-refractivity contribution is 7.85. The van der Waals surface area contributed by atoms with Crippen LogP contribution in [0.5, 0.6) is 0 Å². The van der Waals surface area contributed by atoms with Crippen molar-refractivity contribution in [3.63, 3.8) is 0 Å². The maximum atomic E-state index is 13.2. The first-order chi connectivity index (χ1) is 14.3. The molecule has 1 unspecified atom stereocenters. The second-order valence-electron chi connectivity index (χ2n) is 6.80. The lowest BCUT2D eigenvalue weighted by atomic mass is 10.2. The van der Waals surface area contributed by atoms with Gasteiger partial charge in [-0.25, -0.2) is 4.21 Å². The number of anilines is 6.